The van der Waals surface area contributed by atoms with Gasteiger partial charge in [-0.05, 0) is 48.5 Å². The number of rotatable bonds is 5. The van der Waals surface area contributed by atoms with Gasteiger partial charge in [0.25, 0.3) is 5.91 Å². The Labute approximate surface area is 193 Å². The minimum atomic E-state index is -3.82. The minimum absolute atomic E-state index is 0.180. The monoisotopic (exact) mass is 489 g/mol. The van der Waals surface area contributed by atoms with Gasteiger partial charge in [-0.3, -0.25) is 4.79 Å². The molecule has 0 aliphatic heterocycles. The molecule has 6 nitrogen and oxygen atoms in total. The van der Waals surface area contributed by atoms with Crippen LogP contribution in [0, 0.1) is 5.82 Å². The van der Waals surface area contributed by atoms with Crippen molar-refractivity contribution in [2.24, 2.45) is 0 Å². The van der Waals surface area contributed by atoms with Crippen molar-refractivity contribution < 1.29 is 17.6 Å². The average molecular weight is 490 g/mol. The van der Waals surface area contributed by atoms with Gasteiger partial charge in [0.05, 0.1) is 25.7 Å². The number of anilines is 1. The minimum Gasteiger partial charge on any atom is -0.322 e. The predicted molar refractivity (Wildman–Crippen MR) is 125 cm³/mol. The van der Waals surface area contributed by atoms with Crippen molar-refractivity contribution >= 4 is 54.8 Å². The molecule has 0 atom stereocenters. The second-order valence-corrected chi connectivity index (χ2v) is 10.7. The molecule has 0 radical (unpaired) electrons. The van der Waals surface area contributed by atoms with Gasteiger partial charge in [-0.2, -0.15) is 0 Å². The third-order valence-electron chi connectivity index (χ3n) is 4.71. The van der Waals surface area contributed by atoms with Gasteiger partial charge in [0.1, 0.15) is 10.8 Å². The van der Waals surface area contributed by atoms with E-state index in [0.29, 0.717) is 21.3 Å². The number of para-hydroxylation sites is 1. The number of nitrogens with one attached hydrogen (secondary N) is 1. The van der Waals surface area contributed by atoms with Crippen LogP contribution in [0.3, 0.4) is 0 Å². The molecule has 1 N–H and O–H groups in total. The highest BCUT2D eigenvalue weighted by Gasteiger charge is 2.22. The summed E-state index contributed by atoms with van der Waals surface area (Å²) >= 11 is 7.82. The molecule has 32 heavy (non-hydrogen) atoms. The first-order chi connectivity index (χ1) is 15.2. The number of nitrogens with zero attached hydrogens (tertiary/aromatic N) is 2. The molecule has 1 heterocycles. The molecule has 0 bridgehead atoms. The van der Waals surface area contributed by atoms with Crippen LogP contribution in [-0.4, -0.2) is 37.7 Å². The number of hydrogen-bond donors (Lipinski definition) is 1. The molecule has 0 aliphatic rings. The van der Waals surface area contributed by atoms with Gasteiger partial charge >= 0.3 is 0 Å². The fourth-order valence-corrected chi connectivity index (χ4v) is 5.19. The van der Waals surface area contributed by atoms with E-state index in [9.17, 15) is 17.6 Å². The van der Waals surface area contributed by atoms with Gasteiger partial charge in [-0.1, -0.05) is 23.7 Å². The van der Waals surface area contributed by atoms with Crippen LogP contribution in [0.5, 0.6) is 0 Å². The normalized spacial score (nSPS) is 11.8. The van der Waals surface area contributed by atoms with E-state index in [-0.39, 0.29) is 10.5 Å². The van der Waals surface area contributed by atoms with Crippen molar-refractivity contribution in [3.63, 3.8) is 0 Å². The standard InChI is InChI=1S/C22H17ClFN3O3S2/c1-27(2)32(29,30)14-8-10-18(24)16(12-14)21(28)25-13-7-9-17(23)15(11-13)22-26-19-5-3-4-6-20(19)31-22/h3-12H,1-2H3,(H,25,28). The lowest BCUT2D eigenvalue weighted by Crippen LogP contribution is -2.23. The van der Waals surface area contributed by atoms with Crippen molar-refractivity contribution in [2.45, 2.75) is 4.90 Å². The highest BCUT2D eigenvalue weighted by Crippen LogP contribution is 2.36. The van der Waals surface area contributed by atoms with E-state index in [1.54, 1.807) is 18.2 Å². The van der Waals surface area contributed by atoms with Crippen molar-refractivity contribution in [1.29, 1.82) is 0 Å². The molecular weight excluding hydrogens is 473 g/mol. The molecule has 4 aromatic rings. The van der Waals surface area contributed by atoms with Crippen molar-refractivity contribution in [3.8, 4) is 10.6 Å². The molecule has 0 aliphatic carbocycles. The van der Waals surface area contributed by atoms with Crippen LogP contribution >= 0.6 is 22.9 Å². The average Bonchev–Trinajstić information content (AvgIpc) is 3.19. The summed E-state index contributed by atoms with van der Waals surface area (Å²) in [6.45, 7) is 0. The molecule has 1 amide bonds. The van der Waals surface area contributed by atoms with Crippen LogP contribution in [0.15, 0.2) is 65.6 Å². The Hall–Kier alpha value is -2.85. The van der Waals surface area contributed by atoms with Crippen LogP contribution in [0.25, 0.3) is 20.8 Å². The number of carbonyl (C=O) groups is 1. The number of carbonyl (C=O) groups excluding carboxylic acids is 1. The Morgan fingerprint density at radius 1 is 1.09 bits per heavy atom. The Balaban J connectivity index is 1.67. The van der Waals surface area contributed by atoms with E-state index < -0.39 is 21.7 Å². The first kappa shape index (κ1) is 22.3. The Morgan fingerprint density at radius 3 is 2.56 bits per heavy atom. The maximum Gasteiger partial charge on any atom is 0.258 e. The summed E-state index contributed by atoms with van der Waals surface area (Å²) in [6.07, 6.45) is 0. The third-order valence-corrected chi connectivity index (χ3v) is 7.92. The summed E-state index contributed by atoms with van der Waals surface area (Å²) in [5.74, 6) is -1.61. The summed E-state index contributed by atoms with van der Waals surface area (Å²) < 4.78 is 41.0. The molecular formula is C22H17ClFN3O3S2. The fraction of sp³-hybridized carbons (Fsp3) is 0.0909. The Kier molecular flexibility index (Phi) is 6.00. The van der Waals surface area contributed by atoms with Gasteiger partial charge in [-0.25, -0.2) is 22.1 Å². The zero-order chi connectivity index (χ0) is 23.0. The SMILES string of the molecule is CN(C)S(=O)(=O)c1ccc(F)c(C(=O)Nc2ccc(Cl)c(-c3nc4ccccc4s3)c2)c1. The number of amides is 1. The molecule has 1 aromatic heterocycles. The fourth-order valence-electron chi connectivity index (χ4n) is 3.00. The van der Waals surface area contributed by atoms with Crippen molar-refractivity contribution in [3.05, 3.63) is 77.1 Å². The summed E-state index contributed by atoms with van der Waals surface area (Å²) in [5, 5.41) is 3.74. The molecule has 0 fully saturated rings. The molecule has 0 saturated carbocycles. The second kappa shape index (κ2) is 8.59. The number of sulfonamides is 1. The molecule has 10 heteroatoms. The number of fused-ring (bicyclic) bond motifs is 1. The van der Waals surface area contributed by atoms with Gasteiger partial charge in [0.2, 0.25) is 10.0 Å². The number of halogens is 2. The van der Waals surface area contributed by atoms with Gasteiger partial charge in [0.15, 0.2) is 0 Å². The molecule has 0 spiro atoms. The lowest BCUT2D eigenvalue weighted by Gasteiger charge is -2.13. The summed E-state index contributed by atoms with van der Waals surface area (Å²) in [7, 11) is -1.11. The molecule has 164 valence electrons. The largest absolute Gasteiger partial charge is 0.322 e. The van der Waals surface area contributed by atoms with E-state index in [0.717, 1.165) is 32.7 Å². The zero-order valence-electron chi connectivity index (χ0n) is 17.0. The zero-order valence-corrected chi connectivity index (χ0v) is 19.4. The summed E-state index contributed by atoms with van der Waals surface area (Å²) in [4.78, 5) is 17.2. The smallest absolute Gasteiger partial charge is 0.258 e. The maximum atomic E-state index is 14.3. The topological polar surface area (TPSA) is 79.4 Å². The van der Waals surface area contributed by atoms with Crippen molar-refractivity contribution in [2.75, 3.05) is 19.4 Å². The Morgan fingerprint density at radius 2 is 1.84 bits per heavy atom. The number of aromatic nitrogens is 1. The number of benzene rings is 3. The lowest BCUT2D eigenvalue weighted by molar-refractivity contribution is 0.102. The van der Waals surface area contributed by atoms with Crippen LogP contribution in [-0.2, 0) is 10.0 Å². The third kappa shape index (κ3) is 4.24. The summed E-state index contributed by atoms with van der Waals surface area (Å²) in [6, 6.07) is 15.6. The predicted octanol–water partition coefficient (Wildman–Crippen LogP) is 5.26. The van der Waals surface area contributed by atoms with Gasteiger partial charge in [-0.15, -0.1) is 11.3 Å². The molecule has 3 aromatic carbocycles. The van der Waals surface area contributed by atoms with E-state index in [4.69, 9.17) is 11.6 Å². The second-order valence-electron chi connectivity index (χ2n) is 7.06. The van der Waals surface area contributed by atoms with E-state index in [2.05, 4.69) is 10.3 Å². The highest BCUT2D eigenvalue weighted by molar-refractivity contribution is 7.89. The van der Waals surface area contributed by atoms with Crippen LogP contribution < -0.4 is 5.32 Å². The number of hydrogen-bond acceptors (Lipinski definition) is 5. The summed E-state index contributed by atoms with van der Waals surface area (Å²) in [5.41, 5.74) is 1.44. The van der Waals surface area contributed by atoms with E-state index in [1.807, 2.05) is 24.3 Å². The lowest BCUT2D eigenvalue weighted by atomic mass is 10.1. The van der Waals surface area contributed by atoms with E-state index >= 15 is 0 Å². The van der Waals surface area contributed by atoms with Gasteiger partial charge in [0, 0.05) is 25.3 Å². The Bertz CT molecular complexity index is 1420. The first-order valence-corrected chi connectivity index (χ1v) is 12.0. The van der Waals surface area contributed by atoms with Crippen molar-refractivity contribution in [1.82, 2.24) is 9.29 Å². The van der Waals surface area contributed by atoms with Crippen LogP contribution in [0.1, 0.15) is 10.4 Å². The molecule has 0 saturated heterocycles. The van der Waals surface area contributed by atoms with E-state index in [1.165, 1.54) is 25.4 Å². The quantitative estimate of drug-likeness (QED) is 0.415. The number of thiazole rings is 1. The maximum absolute atomic E-state index is 14.3. The molecule has 0 unspecified atom stereocenters. The van der Waals surface area contributed by atoms with Crippen LogP contribution in [0.2, 0.25) is 5.02 Å². The van der Waals surface area contributed by atoms with Gasteiger partial charge < -0.3 is 5.32 Å². The first-order valence-electron chi connectivity index (χ1n) is 9.36. The van der Waals surface area contributed by atoms with Crippen LogP contribution in [0.4, 0.5) is 10.1 Å². The molecule has 4 rings (SSSR count). The highest BCUT2D eigenvalue weighted by atomic mass is 35.5.